The summed E-state index contributed by atoms with van der Waals surface area (Å²) < 4.78 is 7.13. The van der Waals surface area contributed by atoms with Crippen molar-refractivity contribution < 1.29 is 19.1 Å². The number of rotatable bonds is 5. The summed E-state index contributed by atoms with van der Waals surface area (Å²) >= 11 is 0. The van der Waals surface area contributed by atoms with E-state index in [1.807, 2.05) is 28.8 Å². The molecule has 2 amide bonds. The highest BCUT2D eigenvalue weighted by Gasteiger charge is 2.35. The highest BCUT2D eigenvalue weighted by atomic mass is 16.5. The molecule has 4 rings (SSSR count). The van der Waals surface area contributed by atoms with E-state index in [1.165, 1.54) is 24.3 Å². The molecule has 134 valence electrons. The smallest absolute Gasteiger partial charge is 0.338 e. The van der Waals surface area contributed by atoms with Gasteiger partial charge in [0, 0.05) is 18.9 Å². The maximum absolute atomic E-state index is 12.3. The van der Waals surface area contributed by atoms with Crippen LogP contribution in [0.25, 0.3) is 5.65 Å². The molecular weight excluding hydrogens is 346 g/mol. The van der Waals surface area contributed by atoms with Gasteiger partial charge >= 0.3 is 5.97 Å². The van der Waals surface area contributed by atoms with E-state index in [9.17, 15) is 14.4 Å². The number of carbonyl (C=O) groups is 3. The first-order valence-electron chi connectivity index (χ1n) is 8.29. The Balaban J connectivity index is 1.51. The molecule has 0 radical (unpaired) electrons. The molecule has 0 N–H and O–H groups in total. The van der Waals surface area contributed by atoms with Crippen molar-refractivity contribution in [2.45, 2.75) is 6.61 Å². The van der Waals surface area contributed by atoms with E-state index in [1.54, 1.807) is 6.20 Å². The first kappa shape index (κ1) is 16.7. The van der Waals surface area contributed by atoms with Crippen molar-refractivity contribution in [3.8, 4) is 0 Å². The average Bonchev–Trinajstić information content (AvgIpc) is 3.20. The van der Waals surface area contributed by atoms with Crippen LogP contribution in [0.15, 0.2) is 61.4 Å². The van der Waals surface area contributed by atoms with E-state index in [2.05, 4.69) is 11.6 Å². The van der Waals surface area contributed by atoms with E-state index in [0.717, 1.165) is 10.5 Å². The van der Waals surface area contributed by atoms with Gasteiger partial charge < -0.3 is 9.14 Å². The second kappa shape index (κ2) is 6.53. The number of hydrogen-bond acceptors (Lipinski definition) is 5. The maximum Gasteiger partial charge on any atom is 0.338 e. The third kappa shape index (κ3) is 2.89. The predicted octanol–water partition coefficient (Wildman–Crippen LogP) is 2.47. The quantitative estimate of drug-likeness (QED) is 0.396. The second-order valence-electron chi connectivity index (χ2n) is 6.04. The van der Waals surface area contributed by atoms with Crippen LogP contribution in [-0.4, -0.2) is 38.6 Å². The van der Waals surface area contributed by atoms with Crippen molar-refractivity contribution in [2.75, 3.05) is 6.54 Å². The van der Waals surface area contributed by atoms with E-state index in [-0.39, 0.29) is 35.7 Å². The number of esters is 1. The lowest BCUT2D eigenvalue weighted by molar-refractivity contribution is 0.0468. The Morgan fingerprint density at radius 1 is 1.15 bits per heavy atom. The molecule has 0 unspecified atom stereocenters. The van der Waals surface area contributed by atoms with Gasteiger partial charge in [-0.25, -0.2) is 9.78 Å². The summed E-state index contributed by atoms with van der Waals surface area (Å²) in [5, 5.41) is 0. The zero-order valence-corrected chi connectivity index (χ0v) is 14.3. The minimum atomic E-state index is -0.586. The van der Waals surface area contributed by atoms with Crippen LogP contribution in [0.1, 0.15) is 36.8 Å². The number of imide groups is 1. The fourth-order valence-electron chi connectivity index (χ4n) is 2.99. The highest BCUT2D eigenvalue weighted by Crippen LogP contribution is 2.24. The standard InChI is InChI=1S/C20H15N3O4/c1-2-8-23-18(24)15-7-6-13(10-16(15)19(23)25)20(26)27-12-14-11-22-9-4-3-5-17(22)21-14/h2-7,9-11H,1,8,12H2. The van der Waals surface area contributed by atoms with Gasteiger partial charge in [-0.1, -0.05) is 12.1 Å². The summed E-state index contributed by atoms with van der Waals surface area (Å²) in [6.45, 7) is 3.67. The van der Waals surface area contributed by atoms with E-state index in [0.29, 0.717) is 5.69 Å². The zero-order valence-electron chi connectivity index (χ0n) is 14.3. The molecule has 3 aromatic rings. The van der Waals surface area contributed by atoms with Gasteiger partial charge in [-0.2, -0.15) is 0 Å². The minimum absolute atomic E-state index is 0.00701. The number of imidazole rings is 1. The number of benzene rings is 1. The molecule has 0 saturated carbocycles. The number of carbonyl (C=O) groups excluding carboxylic acids is 3. The summed E-state index contributed by atoms with van der Waals surface area (Å²) in [4.78, 5) is 42.3. The Kier molecular flexibility index (Phi) is 4.04. The van der Waals surface area contributed by atoms with Crippen LogP contribution in [0.2, 0.25) is 0 Å². The van der Waals surface area contributed by atoms with Gasteiger partial charge in [0.05, 0.1) is 22.4 Å². The molecule has 0 spiro atoms. The van der Waals surface area contributed by atoms with Gasteiger partial charge in [0.25, 0.3) is 11.8 Å². The van der Waals surface area contributed by atoms with Crippen molar-refractivity contribution in [2.24, 2.45) is 0 Å². The number of pyridine rings is 1. The molecule has 3 heterocycles. The molecule has 1 aliphatic heterocycles. The third-order valence-electron chi connectivity index (χ3n) is 4.28. The third-order valence-corrected chi connectivity index (χ3v) is 4.28. The van der Waals surface area contributed by atoms with Crippen molar-refractivity contribution in [3.63, 3.8) is 0 Å². The monoisotopic (exact) mass is 361 g/mol. The normalized spacial score (nSPS) is 13.1. The summed E-state index contributed by atoms with van der Waals surface area (Å²) in [7, 11) is 0. The average molecular weight is 361 g/mol. The summed E-state index contributed by atoms with van der Waals surface area (Å²) in [6.07, 6.45) is 5.11. The Labute approximate surface area is 154 Å². The molecule has 0 saturated heterocycles. The Morgan fingerprint density at radius 3 is 2.74 bits per heavy atom. The van der Waals surface area contributed by atoms with Gasteiger partial charge in [-0.15, -0.1) is 6.58 Å². The highest BCUT2D eigenvalue weighted by molar-refractivity contribution is 6.22. The summed E-state index contributed by atoms with van der Waals surface area (Å²) in [6, 6.07) is 9.95. The molecule has 2 aromatic heterocycles. The van der Waals surface area contributed by atoms with Crippen molar-refractivity contribution >= 4 is 23.4 Å². The van der Waals surface area contributed by atoms with Crippen molar-refractivity contribution in [1.82, 2.24) is 14.3 Å². The first-order valence-corrected chi connectivity index (χ1v) is 8.29. The largest absolute Gasteiger partial charge is 0.456 e. The molecule has 0 bridgehead atoms. The van der Waals surface area contributed by atoms with Crippen molar-refractivity contribution in [3.05, 3.63) is 83.8 Å². The number of aromatic nitrogens is 2. The van der Waals surface area contributed by atoms with E-state index in [4.69, 9.17) is 4.74 Å². The van der Waals surface area contributed by atoms with Crippen LogP contribution in [0.3, 0.4) is 0 Å². The maximum atomic E-state index is 12.3. The number of amides is 2. The second-order valence-corrected chi connectivity index (χ2v) is 6.04. The summed E-state index contributed by atoms with van der Waals surface area (Å²) in [5.41, 5.74) is 2.05. The number of hydrogen-bond donors (Lipinski definition) is 0. The summed E-state index contributed by atoms with van der Waals surface area (Å²) in [5.74, 6) is -1.42. The number of ether oxygens (including phenoxy) is 1. The van der Waals surface area contributed by atoms with Crippen LogP contribution < -0.4 is 0 Å². The first-order chi connectivity index (χ1) is 13.1. The van der Waals surface area contributed by atoms with Gasteiger partial charge in [0.2, 0.25) is 0 Å². The van der Waals surface area contributed by atoms with Crippen molar-refractivity contribution in [1.29, 1.82) is 0 Å². The van der Waals surface area contributed by atoms with E-state index < -0.39 is 11.9 Å². The SMILES string of the molecule is C=CCN1C(=O)c2ccc(C(=O)OCc3cn4ccccc4n3)cc2C1=O. The molecule has 1 aliphatic rings. The Hall–Kier alpha value is -3.74. The molecule has 0 atom stereocenters. The zero-order chi connectivity index (χ0) is 19.0. The lowest BCUT2D eigenvalue weighted by atomic mass is 10.1. The molecule has 7 nitrogen and oxygen atoms in total. The van der Waals surface area contributed by atoms with Gasteiger partial charge in [-0.05, 0) is 30.3 Å². The predicted molar refractivity (Wildman–Crippen MR) is 96.3 cm³/mol. The minimum Gasteiger partial charge on any atom is -0.456 e. The molecule has 7 heteroatoms. The molecule has 1 aromatic carbocycles. The number of fused-ring (bicyclic) bond motifs is 2. The lowest BCUT2D eigenvalue weighted by Gasteiger charge is -2.09. The fraction of sp³-hybridized carbons (Fsp3) is 0.100. The molecule has 0 fully saturated rings. The van der Waals surface area contributed by atoms with Gasteiger partial charge in [-0.3, -0.25) is 14.5 Å². The van der Waals surface area contributed by atoms with Crippen LogP contribution in [0, 0.1) is 0 Å². The Bertz CT molecular complexity index is 1070. The van der Waals surface area contributed by atoms with Crippen LogP contribution in [0.5, 0.6) is 0 Å². The van der Waals surface area contributed by atoms with Crippen LogP contribution in [0.4, 0.5) is 0 Å². The van der Waals surface area contributed by atoms with Gasteiger partial charge in [0.1, 0.15) is 12.3 Å². The topological polar surface area (TPSA) is 81.0 Å². The van der Waals surface area contributed by atoms with Crippen LogP contribution >= 0.6 is 0 Å². The Morgan fingerprint density at radius 2 is 1.96 bits per heavy atom. The number of nitrogens with zero attached hydrogens (tertiary/aromatic N) is 3. The van der Waals surface area contributed by atoms with E-state index >= 15 is 0 Å². The molecule has 0 aliphatic carbocycles. The van der Waals surface area contributed by atoms with Crippen LogP contribution in [-0.2, 0) is 11.3 Å². The molecular formula is C20H15N3O4. The molecule has 27 heavy (non-hydrogen) atoms. The fourth-order valence-corrected chi connectivity index (χ4v) is 2.99. The lowest BCUT2D eigenvalue weighted by Crippen LogP contribution is -2.29. The van der Waals surface area contributed by atoms with Gasteiger partial charge in [0.15, 0.2) is 0 Å².